The molecule has 0 N–H and O–H groups in total. The van der Waals surface area contributed by atoms with Gasteiger partial charge in [0.2, 0.25) is 0 Å². The number of fused-ring (bicyclic) bond motifs is 1. The van der Waals surface area contributed by atoms with Crippen molar-refractivity contribution in [3.8, 4) is 0 Å². The smallest absolute Gasteiger partial charge is 0.268 e. The first-order chi connectivity index (χ1) is 12.9. The number of amides is 2. The van der Waals surface area contributed by atoms with Crippen LogP contribution in [0.2, 0.25) is 0 Å². The monoisotopic (exact) mass is 405 g/mol. The number of nitrogens with zero attached hydrogens (tertiary/aromatic N) is 3. The molecule has 0 bridgehead atoms. The van der Waals surface area contributed by atoms with Gasteiger partial charge in [0, 0.05) is 23.7 Å². The lowest BCUT2D eigenvalue weighted by molar-refractivity contribution is 0.0642. The second-order valence-corrected chi connectivity index (χ2v) is 10.1. The second kappa shape index (κ2) is 6.81. The highest BCUT2D eigenvalue weighted by Gasteiger charge is 2.37. The van der Waals surface area contributed by atoms with Crippen LogP contribution in [-0.2, 0) is 16.6 Å². The Morgan fingerprint density at radius 2 is 2.00 bits per heavy atom. The number of hydrogen-bond donors (Lipinski definition) is 0. The zero-order chi connectivity index (χ0) is 19.2. The van der Waals surface area contributed by atoms with Gasteiger partial charge in [-0.1, -0.05) is 6.42 Å². The fraction of sp³-hybridized carbons (Fsp3) is 0.389. The zero-order valence-corrected chi connectivity index (χ0v) is 16.4. The molecule has 2 aromatic rings. The van der Waals surface area contributed by atoms with Crippen LogP contribution in [0.4, 0.5) is 0 Å². The summed E-state index contributed by atoms with van der Waals surface area (Å²) in [6.07, 6.45) is 4.24. The summed E-state index contributed by atoms with van der Waals surface area (Å²) in [5.41, 5.74) is 0.433. The molecule has 27 heavy (non-hydrogen) atoms. The van der Waals surface area contributed by atoms with Crippen molar-refractivity contribution in [3.05, 3.63) is 46.6 Å². The number of rotatable bonds is 4. The maximum absolute atomic E-state index is 12.9. The molecule has 1 unspecified atom stereocenters. The topological polar surface area (TPSA) is 87.7 Å². The highest BCUT2D eigenvalue weighted by Crippen LogP contribution is 2.31. The largest absolute Gasteiger partial charge is 0.280 e. The van der Waals surface area contributed by atoms with E-state index in [0.717, 1.165) is 35.5 Å². The first kappa shape index (κ1) is 18.3. The molecule has 1 atom stereocenters. The Morgan fingerprint density at radius 3 is 2.74 bits per heavy atom. The Morgan fingerprint density at radius 1 is 1.19 bits per heavy atom. The van der Waals surface area contributed by atoms with Crippen LogP contribution in [0, 0.1) is 0 Å². The van der Waals surface area contributed by atoms with E-state index >= 15 is 0 Å². The lowest BCUT2D eigenvalue weighted by Gasteiger charge is -2.31. The first-order valence-corrected chi connectivity index (χ1v) is 11.1. The molecule has 9 heteroatoms. The molecular weight excluding hydrogens is 386 g/mol. The number of thiophene rings is 1. The van der Waals surface area contributed by atoms with E-state index in [1.807, 2.05) is 6.92 Å². The molecule has 2 aliphatic heterocycles. The van der Waals surface area contributed by atoms with Gasteiger partial charge in [0.05, 0.1) is 12.1 Å². The fourth-order valence-corrected chi connectivity index (χ4v) is 6.71. The van der Waals surface area contributed by atoms with E-state index in [1.54, 1.807) is 28.6 Å². The molecule has 0 radical (unpaired) electrons. The number of pyridine rings is 1. The summed E-state index contributed by atoms with van der Waals surface area (Å²) in [4.78, 5) is 30.6. The standard InChI is InChI=1S/C18H19N3O4S2/c1-12-5-2-3-10-21(12)27(24,25)15-8-7-13(26-15)11-20-17(22)14-6-4-9-19-16(14)18(20)23/h4,6-9,12H,2-3,5,10-11H2,1H3. The number of imide groups is 1. The van der Waals surface area contributed by atoms with E-state index in [4.69, 9.17) is 0 Å². The van der Waals surface area contributed by atoms with Crippen molar-refractivity contribution in [2.75, 3.05) is 6.54 Å². The fourth-order valence-electron chi connectivity index (χ4n) is 3.54. The van der Waals surface area contributed by atoms with Gasteiger partial charge in [-0.05, 0) is 44.0 Å². The molecule has 4 heterocycles. The molecule has 2 amide bonds. The summed E-state index contributed by atoms with van der Waals surface area (Å²) in [5.74, 6) is -0.844. The van der Waals surface area contributed by atoms with E-state index in [2.05, 4.69) is 4.98 Å². The van der Waals surface area contributed by atoms with Crippen molar-refractivity contribution in [1.82, 2.24) is 14.2 Å². The van der Waals surface area contributed by atoms with Crippen molar-refractivity contribution in [1.29, 1.82) is 0 Å². The Balaban J connectivity index is 1.56. The minimum atomic E-state index is -3.55. The van der Waals surface area contributed by atoms with Crippen LogP contribution in [0.1, 0.15) is 51.9 Å². The second-order valence-electron chi connectivity index (χ2n) is 6.78. The third-order valence-electron chi connectivity index (χ3n) is 4.99. The minimum absolute atomic E-state index is 0.0170. The summed E-state index contributed by atoms with van der Waals surface area (Å²) < 4.78 is 27.7. The van der Waals surface area contributed by atoms with Crippen LogP contribution in [-0.4, -0.2) is 47.0 Å². The van der Waals surface area contributed by atoms with Crippen molar-refractivity contribution < 1.29 is 18.0 Å². The normalized spacial score (nSPS) is 20.9. The number of piperidine rings is 1. The highest BCUT2D eigenvalue weighted by atomic mass is 32.2. The maximum atomic E-state index is 12.9. The Labute approximate surface area is 161 Å². The third kappa shape index (κ3) is 3.09. The van der Waals surface area contributed by atoms with Gasteiger partial charge in [0.25, 0.3) is 21.8 Å². The predicted molar refractivity (Wildman–Crippen MR) is 100.0 cm³/mol. The maximum Gasteiger partial charge on any atom is 0.280 e. The van der Waals surface area contributed by atoms with Gasteiger partial charge in [-0.25, -0.2) is 8.42 Å². The summed E-state index contributed by atoms with van der Waals surface area (Å²) in [6.45, 7) is 2.50. The zero-order valence-electron chi connectivity index (χ0n) is 14.8. The van der Waals surface area contributed by atoms with Crippen LogP contribution >= 0.6 is 11.3 Å². The van der Waals surface area contributed by atoms with Gasteiger partial charge in [0.15, 0.2) is 0 Å². The van der Waals surface area contributed by atoms with E-state index in [-0.39, 0.29) is 28.1 Å². The van der Waals surface area contributed by atoms with Crippen LogP contribution in [0.3, 0.4) is 0 Å². The molecule has 0 aliphatic carbocycles. The highest BCUT2D eigenvalue weighted by molar-refractivity contribution is 7.91. The number of hydrogen-bond acceptors (Lipinski definition) is 6. The molecule has 1 saturated heterocycles. The quantitative estimate of drug-likeness (QED) is 0.730. The molecule has 1 fully saturated rings. The molecule has 0 aromatic carbocycles. The average molecular weight is 406 g/mol. The average Bonchev–Trinajstić information content (AvgIpc) is 3.23. The van der Waals surface area contributed by atoms with E-state index in [0.29, 0.717) is 11.4 Å². The molecule has 4 rings (SSSR count). The third-order valence-corrected chi connectivity index (χ3v) is 8.54. The van der Waals surface area contributed by atoms with Crippen LogP contribution in [0.25, 0.3) is 0 Å². The van der Waals surface area contributed by atoms with Gasteiger partial charge in [0.1, 0.15) is 9.90 Å². The van der Waals surface area contributed by atoms with E-state index < -0.39 is 21.8 Å². The summed E-state index contributed by atoms with van der Waals surface area (Å²) >= 11 is 1.11. The van der Waals surface area contributed by atoms with Gasteiger partial charge < -0.3 is 0 Å². The molecule has 0 spiro atoms. The molecule has 142 valence electrons. The van der Waals surface area contributed by atoms with Crippen LogP contribution in [0.15, 0.2) is 34.7 Å². The summed E-state index contributed by atoms with van der Waals surface area (Å²) in [7, 11) is -3.55. The Bertz CT molecular complexity index is 980. The number of carbonyl (C=O) groups is 2. The van der Waals surface area contributed by atoms with Gasteiger partial charge >= 0.3 is 0 Å². The van der Waals surface area contributed by atoms with E-state index in [1.165, 1.54) is 6.20 Å². The molecule has 2 aliphatic rings. The van der Waals surface area contributed by atoms with Gasteiger partial charge in [-0.15, -0.1) is 11.3 Å². The lowest BCUT2D eigenvalue weighted by atomic mass is 10.1. The van der Waals surface area contributed by atoms with Crippen molar-refractivity contribution in [2.24, 2.45) is 0 Å². The Kier molecular flexibility index (Phi) is 4.61. The minimum Gasteiger partial charge on any atom is -0.268 e. The first-order valence-electron chi connectivity index (χ1n) is 8.81. The number of sulfonamides is 1. The molecule has 0 saturated carbocycles. The number of carbonyl (C=O) groups excluding carboxylic acids is 2. The summed E-state index contributed by atoms with van der Waals surface area (Å²) in [5, 5.41) is 0. The SMILES string of the molecule is CC1CCCCN1S(=O)(=O)c1ccc(CN2C(=O)c3cccnc3C2=O)s1. The van der Waals surface area contributed by atoms with Crippen molar-refractivity contribution in [3.63, 3.8) is 0 Å². The van der Waals surface area contributed by atoms with E-state index in [9.17, 15) is 18.0 Å². The molecule has 7 nitrogen and oxygen atoms in total. The van der Waals surface area contributed by atoms with Gasteiger partial charge in [-0.2, -0.15) is 4.31 Å². The predicted octanol–water partition coefficient (Wildman–Crippen LogP) is 2.50. The lowest BCUT2D eigenvalue weighted by Crippen LogP contribution is -2.41. The summed E-state index contributed by atoms with van der Waals surface area (Å²) in [6, 6.07) is 6.40. The molecule has 2 aromatic heterocycles. The van der Waals surface area contributed by atoms with Crippen LogP contribution in [0.5, 0.6) is 0 Å². The van der Waals surface area contributed by atoms with Crippen molar-refractivity contribution >= 4 is 33.2 Å². The number of aromatic nitrogens is 1. The Hall–Kier alpha value is -2.10. The molecular formula is C18H19N3O4S2. The van der Waals surface area contributed by atoms with Gasteiger partial charge in [-0.3, -0.25) is 19.5 Å². The van der Waals surface area contributed by atoms with Crippen molar-refractivity contribution in [2.45, 2.75) is 43.0 Å². The van der Waals surface area contributed by atoms with Crippen LogP contribution < -0.4 is 0 Å².